The van der Waals surface area contributed by atoms with Crippen molar-refractivity contribution in [2.45, 2.75) is 18.9 Å². The maximum Gasteiger partial charge on any atom is 0.342 e. The predicted molar refractivity (Wildman–Crippen MR) is 102 cm³/mol. The number of aryl methyl sites for hydroxylation is 1. The maximum absolute atomic E-state index is 12.9. The molecule has 0 amide bonds. The van der Waals surface area contributed by atoms with Gasteiger partial charge in [-0.1, -0.05) is 17.7 Å². The minimum atomic E-state index is -3.87. The standard InChI is InChI=1S/C17H21ClN4O4S/c1-3-26-17(23)14-11-19-20-16(14)27(24,25)22-8-6-21(7-9-22)15-10-13(18)5-4-12(15)2/h4-5,10-11H,3,6-9H2,1-2H3,(H,19,20). The summed E-state index contributed by atoms with van der Waals surface area (Å²) in [7, 11) is -3.87. The molecule has 27 heavy (non-hydrogen) atoms. The lowest BCUT2D eigenvalue weighted by Crippen LogP contribution is -2.49. The van der Waals surface area contributed by atoms with E-state index in [1.54, 1.807) is 6.92 Å². The third-order valence-electron chi connectivity index (χ3n) is 4.45. The van der Waals surface area contributed by atoms with Gasteiger partial charge in [-0.05, 0) is 31.5 Å². The molecule has 3 rings (SSSR count). The average Bonchev–Trinajstić information content (AvgIpc) is 3.15. The molecule has 2 aromatic rings. The highest BCUT2D eigenvalue weighted by Crippen LogP contribution is 2.27. The van der Waals surface area contributed by atoms with Crippen molar-refractivity contribution in [3.05, 3.63) is 40.5 Å². The Morgan fingerprint density at radius 3 is 2.67 bits per heavy atom. The number of halogens is 1. The number of ether oxygens (including phenoxy) is 1. The van der Waals surface area contributed by atoms with E-state index in [0.29, 0.717) is 18.1 Å². The van der Waals surface area contributed by atoms with Gasteiger partial charge in [0.05, 0.1) is 12.8 Å². The van der Waals surface area contributed by atoms with Crippen molar-refractivity contribution in [3.8, 4) is 0 Å². The number of rotatable bonds is 5. The van der Waals surface area contributed by atoms with Crippen LogP contribution in [-0.2, 0) is 14.8 Å². The molecule has 0 atom stereocenters. The fourth-order valence-electron chi connectivity index (χ4n) is 3.05. The molecule has 1 fully saturated rings. The second-order valence-corrected chi connectivity index (χ2v) is 8.47. The molecule has 8 nitrogen and oxygen atoms in total. The van der Waals surface area contributed by atoms with Gasteiger partial charge in [-0.3, -0.25) is 5.10 Å². The van der Waals surface area contributed by atoms with E-state index in [0.717, 1.165) is 11.3 Å². The molecule has 1 N–H and O–H groups in total. The van der Waals surface area contributed by atoms with Gasteiger partial charge in [-0.2, -0.15) is 9.40 Å². The molecule has 1 aliphatic heterocycles. The fourth-order valence-corrected chi connectivity index (χ4v) is 4.70. The molecule has 0 spiro atoms. The van der Waals surface area contributed by atoms with E-state index in [-0.39, 0.29) is 30.3 Å². The van der Waals surface area contributed by atoms with Gasteiger partial charge in [0.2, 0.25) is 0 Å². The van der Waals surface area contributed by atoms with Crippen molar-refractivity contribution in [1.29, 1.82) is 0 Å². The van der Waals surface area contributed by atoms with E-state index in [1.807, 2.05) is 25.1 Å². The van der Waals surface area contributed by atoms with Crippen LogP contribution < -0.4 is 4.90 Å². The number of carbonyl (C=O) groups is 1. The van der Waals surface area contributed by atoms with Crippen LogP contribution in [0.5, 0.6) is 0 Å². The van der Waals surface area contributed by atoms with E-state index < -0.39 is 16.0 Å². The number of nitrogens with zero attached hydrogens (tertiary/aromatic N) is 3. The zero-order chi connectivity index (χ0) is 19.6. The van der Waals surface area contributed by atoms with Gasteiger partial charge in [0.1, 0.15) is 5.56 Å². The first kappa shape index (κ1) is 19.7. The highest BCUT2D eigenvalue weighted by atomic mass is 35.5. The molecule has 1 aromatic heterocycles. The minimum Gasteiger partial charge on any atom is -0.462 e. The Bertz CT molecular complexity index is 936. The number of anilines is 1. The summed E-state index contributed by atoms with van der Waals surface area (Å²) in [6.07, 6.45) is 1.18. The summed E-state index contributed by atoms with van der Waals surface area (Å²) in [6, 6.07) is 5.65. The smallest absolute Gasteiger partial charge is 0.342 e. The molecule has 1 saturated heterocycles. The maximum atomic E-state index is 12.9. The van der Waals surface area contributed by atoms with Crippen LogP contribution in [0.15, 0.2) is 29.4 Å². The van der Waals surface area contributed by atoms with E-state index in [1.165, 1.54) is 10.5 Å². The Labute approximate surface area is 163 Å². The molecular weight excluding hydrogens is 392 g/mol. The van der Waals surface area contributed by atoms with E-state index >= 15 is 0 Å². The number of piperazine rings is 1. The highest BCUT2D eigenvalue weighted by Gasteiger charge is 2.34. The third-order valence-corrected chi connectivity index (χ3v) is 6.56. The van der Waals surface area contributed by atoms with Crippen LogP contribution in [0.1, 0.15) is 22.8 Å². The average molecular weight is 413 g/mol. The number of esters is 1. The quantitative estimate of drug-likeness (QED) is 0.755. The second-order valence-electron chi connectivity index (χ2n) is 6.16. The molecule has 146 valence electrons. The normalized spacial score (nSPS) is 15.7. The molecule has 0 saturated carbocycles. The molecule has 0 aliphatic carbocycles. The van der Waals surface area contributed by atoms with Crippen LogP contribution in [0.25, 0.3) is 0 Å². The van der Waals surface area contributed by atoms with Gasteiger partial charge in [0, 0.05) is 36.9 Å². The van der Waals surface area contributed by atoms with Gasteiger partial charge in [-0.15, -0.1) is 0 Å². The van der Waals surface area contributed by atoms with Crippen molar-refractivity contribution in [3.63, 3.8) is 0 Å². The summed E-state index contributed by atoms with van der Waals surface area (Å²) >= 11 is 6.09. The van der Waals surface area contributed by atoms with Crippen LogP contribution in [-0.4, -0.2) is 61.7 Å². The highest BCUT2D eigenvalue weighted by molar-refractivity contribution is 7.89. The Hall–Kier alpha value is -2.10. The Morgan fingerprint density at radius 2 is 2.00 bits per heavy atom. The fraction of sp³-hybridized carbons (Fsp3) is 0.412. The topological polar surface area (TPSA) is 95.6 Å². The number of sulfonamides is 1. The number of carbonyl (C=O) groups excluding carboxylic acids is 1. The first-order chi connectivity index (χ1) is 12.8. The van der Waals surface area contributed by atoms with Crippen molar-refractivity contribution in [2.75, 3.05) is 37.7 Å². The minimum absolute atomic E-state index is 0.0787. The first-order valence-electron chi connectivity index (χ1n) is 8.56. The number of H-pyrrole nitrogens is 1. The summed E-state index contributed by atoms with van der Waals surface area (Å²) in [5.41, 5.74) is 1.99. The van der Waals surface area contributed by atoms with Gasteiger partial charge >= 0.3 is 5.97 Å². The van der Waals surface area contributed by atoms with Gasteiger partial charge in [0.15, 0.2) is 5.03 Å². The molecule has 0 bridgehead atoms. The third kappa shape index (κ3) is 3.95. The number of nitrogens with one attached hydrogen (secondary N) is 1. The zero-order valence-corrected chi connectivity index (χ0v) is 16.7. The molecular formula is C17H21ClN4O4S. The molecule has 0 radical (unpaired) electrons. The number of hydrogen-bond donors (Lipinski definition) is 1. The van der Waals surface area contributed by atoms with Crippen LogP contribution >= 0.6 is 11.6 Å². The van der Waals surface area contributed by atoms with Crippen molar-refractivity contribution >= 4 is 33.3 Å². The number of hydrogen-bond acceptors (Lipinski definition) is 6. The molecule has 1 aliphatic rings. The summed E-state index contributed by atoms with van der Waals surface area (Å²) in [5, 5.41) is 6.56. The van der Waals surface area contributed by atoms with Crippen molar-refractivity contribution in [2.24, 2.45) is 0 Å². The summed E-state index contributed by atoms with van der Waals surface area (Å²) in [6.45, 7) is 5.41. The largest absolute Gasteiger partial charge is 0.462 e. The van der Waals surface area contributed by atoms with Gasteiger partial charge in [0.25, 0.3) is 10.0 Å². The second kappa shape index (κ2) is 7.87. The van der Waals surface area contributed by atoms with Gasteiger partial charge < -0.3 is 9.64 Å². The first-order valence-corrected chi connectivity index (χ1v) is 10.4. The predicted octanol–water partition coefficient (Wildman–Crippen LogP) is 2.06. The van der Waals surface area contributed by atoms with Crippen molar-refractivity contribution < 1.29 is 17.9 Å². The number of benzene rings is 1. The van der Waals surface area contributed by atoms with E-state index in [2.05, 4.69) is 15.1 Å². The lowest BCUT2D eigenvalue weighted by Gasteiger charge is -2.36. The summed E-state index contributed by atoms with van der Waals surface area (Å²) in [4.78, 5) is 14.1. The van der Waals surface area contributed by atoms with Crippen LogP contribution in [0.3, 0.4) is 0 Å². The summed E-state index contributed by atoms with van der Waals surface area (Å²) < 4.78 is 32.2. The lowest BCUT2D eigenvalue weighted by atomic mass is 10.1. The Balaban J connectivity index is 1.77. The monoisotopic (exact) mass is 412 g/mol. The molecule has 2 heterocycles. The Kier molecular flexibility index (Phi) is 5.73. The lowest BCUT2D eigenvalue weighted by molar-refractivity contribution is 0.0521. The SMILES string of the molecule is CCOC(=O)c1cn[nH]c1S(=O)(=O)N1CCN(c2cc(Cl)ccc2C)CC1. The van der Waals surface area contributed by atoms with Crippen LogP contribution in [0.4, 0.5) is 5.69 Å². The molecule has 10 heteroatoms. The van der Waals surface area contributed by atoms with Crippen LogP contribution in [0.2, 0.25) is 5.02 Å². The molecule has 1 aromatic carbocycles. The molecule has 0 unspecified atom stereocenters. The number of aromatic amines is 1. The van der Waals surface area contributed by atoms with E-state index in [9.17, 15) is 13.2 Å². The van der Waals surface area contributed by atoms with Crippen molar-refractivity contribution in [1.82, 2.24) is 14.5 Å². The van der Waals surface area contributed by atoms with Gasteiger partial charge in [-0.25, -0.2) is 13.2 Å². The Morgan fingerprint density at radius 1 is 1.30 bits per heavy atom. The number of aromatic nitrogens is 2. The van der Waals surface area contributed by atoms with Crippen LogP contribution in [0, 0.1) is 6.92 Å². The summed E-state index contributed by atoms with van der Waals surface area (Å²) in [5.74, 6) is -0.710. The van der Waals surface area contributed by atoms with E-state index in [4.69, 9.17) is 16.3 Å². The zero-order valence-electron chi connectivity index (χ0n) is 15.1.